The SMILES string of the molecule is Cc1cccc(-c2ccc([C@H](N([C@@H](CC(C)C)C(N)=O)C3(C#N)CC3)C(F)(F)F)cc2)n1. The molecule has 0 bridgehead atoms. The maximum atomic E-state index is 14.5. The Balaban J connectivity index is 2.09. The molecule has 170 valence electrons. The minimum absolute atomic E-state index is 0.0366. The number of primary amides is 1. The van der Waals surface area contributed by atoms with Gasteiger partial charge in [-0.25, -0.2) is 0 Å². The number of pyridine rings is 1. The van der Waals surface area contributed by atoms with E-state index in [2.05, 4.69) is 4.98 Å². The highest BCUT2D eigenvalue weighted by atomic mass is 19.4. The summed E-state index contributed by atoms with van der Waals surface area (Å²) in [5.41, 5.74) is 6.32. The smallest absolute Gasteiger partial charge is 0.368 e. The van der Waals surface area contributed by atoms with E-state index in [1.54, 1.807) is 18.2 Å². The Labute approximate surface area is 186 Å². The van der Waals surface area contributed by atoms with Gasteiger partial charge in [-0.2, -0.15) is 18.4 Å². The third kappa shape index (κ3) is 4.94. The molecule has 3 rings (SSSR count). The lowest BCUT2D eigenvalue weighted by molar-refractivity contribution is -0.200. The first-order valence-electron chi connectivity index (χ1n) is 10.6. The van der Waals surface area contributed by atoms with Crippen LogP contribution < -0.4 is 5.73 Å². The maximum absolute atomic E-state index is 14.5. The summed E-state index contributed by atoms with van der Waals surface area (Å²) < 4.78 is 43.4. The molecule has 0 aliphatic heterocycles. The number of aryl methyl sites for hydroxylation is 1. The predicted octanol–water partition coefficient (Wildman–Crippen LogP) is 4.92. The molecule has 0 radical (unpaired) electrons. The van der Waals surface area contributed by atoms with Crippen LogP contribution in [0, 0.1) is 24.2 Å². The number of nitrogens with two attached hydrogens (primary N) is 1. The number of benzene rings is 1. The molecule has 1 fully saturated rings. The number of aromatic nitrogens is 1. The van der Waals surface area contributed by atoms with Crippen LogP contribution in [0.25, 0.3) is 11.3 Å². The van der Waals surface area contributed by atoms with Gasteiger partial charge in [-0.15, -0.1) is 0 Å². The normalized spacial score (nSPS) is 17.1. The monoisotopic (exact) mass is 444 g/mol. The minimum atomic E-state index is -4.71. The van der Waals surface area contributed by atoms with Crippen LogP contribution in [0.4, 0.5) is 13.2 Å². The molecule has 2 N–H and O–H groups in total. The summed E-state index contributed by atoms with van der Waals surface area (Å²) in [5.74, 6) is -0.928. The molecule has 0 unspecified atom stereocenters. The van der Waals surface area contributed by atoms with Gasteiger partial charge >= 0.3 is 6.18 Å². The van der Waals surface area contributed by atoms with Crippen molar-refractivity contribution in [1.82, 2.24) is 9.88 Å². The van der Waals surface area contributed by atoms with Crippen molar-refractivity contribution in [3.63, 3.8) is 0 Å². The zero-order valence-corrected chi connectivity index (χ0v) is 18.4. The maximum Gasteiger partial charge on any atom is 0.408 e. The number of hydrogen-bond donors (Lipinski definition) is 1. The highest BCUT2D eigenvalue weighted by molar-refractivity contribution is 5.80. The summed E-state index contributed by atoms with van der Waals surface area (Å²) in [6, 6.07) is 10.1. The van der Waals surface area contributed by atoms with Crippen molar-refractivity contribution in [1.29, 1.82) is 5.26 Å². The van der Waals surface area contributed by atoms with E-state index in [1.807, 2.05) is 39.0 Å². The second-order valence-corrected chi connectivity index (χ2v) is 8.83. The number of amides is 1. The van der Waals surface area contributed by atoms with Crippen molar-refractivity contribution in [3.8, 4) is 17.3 Å². The van der Waals surface area contributed by atoms with Gasteiger partial charge in [-0.05, 0) is 49.8 Å². The number of nitrogens with zero attached hydrogens (tertiary/aromatic N) is 3. The molecular weight excluding hydrogens is 417 g/mol. The zero-order chi connectivity index (χ0) is 23.7. The van der Waals surface area contributed by atoms with Crippen molar-refractivity contribution >= 4 is 5.91 Å². The third-order valence-corrected chi connectivity index (χ3v) is 5.78. The Morgan fingerprint density at radius 3 is 2.28 bits per heavy atom. The Morgan fingerprint density at radius 2 is 1.84 bits per heavy atom. The predicted molar refractivity (Wildman–Crippen MR) is 115 cm³/mol. The van der Waals surface area contributed by atoms with E-state index in [1.165, 1.54) is 12.1 Å². The third-order valence-electron chi connectivity index (χ3n) is 5.78. The zero-order valence-electron chi connectivity index (χ0n) is 18.4. The van der Waals surface area contributed by atoms with Crippen molar-refractivity contribution in [2.75, 3.05) is 0 Å². The van der Waals surface area contributed by atoms with Gasteiger partial charge < -0.3 is 5.73 Å². The first kappa shape index (κ1) is 23.7. The second-order valence-electron chi connectivity index (χ2n) is 8.83. The van der Waals surface area contributed by atoms with Crippen LogP contribution in [-0.2, 0) is 4.79 Å². The van der Waals surface area contributed by atoms with Gasteiger partial charge in [-0.3, -0.25) is 14.7 Å². The lowest BCUT2D eigenvalue weighted by Crippen LogP contribution is -2.56. The number of hydrogen-bond acceptors (Lipinski definition) is 4. The number of nitriles is 1. The van der Waals surface area contributed by atoms with Crippen LogP contribution in [0.15, 0.2) is 42.5 Å². The molecule has 2 atom stereocenters. The Kier molecular flexibility index (Phi) is 6.61. The van der Waals surface area contributed by atoms with Crippen molar-refractivity contribution in [3.05, 3.63) is 53.7 Å². The van der Waals surface area contributed by atoms with Gasteiger partial charge in [0.05, 0.1) is 17.8 Å². The number of carbonyl (C=O) groups excluding carboxylic acids is 1. The number of carbonyl (C=O) groups is 1. The quantitative estimate of drug-likeness (QED) is 0.627. The molecule has 1 heterocycles. The van der Waals surface area contributed by atoms with Gasteiger partial charge in [0.1, 0.15) is 11.6 Å². The average Bonchev–Trinajstić information content (AvgIpc) is 3.50. The largest absolute Gasteiger partial charge is 0.408 e. The summed E-state index contributed by atoms with van der Waals surface area (Å²) in [6.07, 6.45) is -4.04. The fourth-order valence-corrected chi connectivity index (χ4v) is 4.13. The number of halogens is 3. The first-order valence-corrected chi connectivity index (χ1v) is 10.6. The summed E-state index contributed by atoms with van der Waals surface area (Å²) in [4.78, 5) is 17.7. The van der Waals surface area contributed by atoms with Crippen LogP contribution in [-0.4, -0.2) is 33.5 Å². The standard InChI is InChI=1S/C24H27F3N4O/c1-15(2)13-20(22(29)32)31(23(14-28)11-12-23)21(24(25,26)27)18-9-7-17(8-10-18)19-6-4-5-16(3)30-19/h4-10,15,20-21H,11-13H2,1-3H3,(H2,29,32)/t20-,21-/m0/s1. The van der Waals surface area contributed by atoms with E-state index in [-0.39, 0.29) is 30.7 Å². The fourth-order valence-electron chi connectivity index (χ4n) is 4.13. The molecule has 1 saturated carbocycles. The Hall–Kier alpha value is -2.92. The molecule has 1 aromatic heterocycles. The molecule has 1 aliphatic carbocycles. The lowest BCUT2D eigenvalue weighted by atomic mass is 9.93. The molecule has 1 aromatic carbocycles. The van der Waals surface area contributed by atoms with Crippen LogP contribution in [0.5, 0.6) is 0 Å². The van der Waals surface area contributed by atoms with E-state index in [0.29, 0.717) is 11.3 Å². The Morgan fingerprint density at radius 1 is 1.22 bits per heavy atom. The van der Waals surface area contributed by atoms with Crippen molar-refractivity contribution in [2.24, 2.45) is 11.7 Å². The van der Waals surface area contributed by atoms with Crippen molar-refractivity contribution < 1.29 is 18.0 Å². The second kappa shape index (κ2) is 8.91. The van der Waals surface area contributed by atoms with Gasteiger partial charge in [0.25, 0.3) is 0 Å². The Bertz CT molecular complexity index is 1010. The molecule has 1 aliphatic rings. The van der Waals surface area contributed by atoms with Crippen molar-refractivity contribution in [2.45, 2.75) is 63.8 Å². The van der Waals surface area contributed by atoms with E-state index in [4.69, 9.17) is 5.73 Å². The van der Waals surface area contributed by atoms with Gasteiger partial charge in [0.15, 0.2) is 0 Å². The van der Waals surface area contributed by atoms with E-state index in [0.717, 1.165) is 10.6 Å². The molecule has 5 nitrogen and oxygen atoms in total. The van der Waals surface area contributed by atoms with Crippen LogP contribution in [0.1, 0.15) is 50.4 Å². The fraction of sp³-hybridized carbons (Fsp3) is 0.458. The number of rotatable bonds is 8. The van der Waals surface area contributed by atoms with Gasteiger partial charge in [0.2, 0.25) is 5.91 Å². The van der Waals surface area contributed by atoms with E-state index in [9.17, 15) is 23.2 Å². The molecule has 8 heteroatoms. The minimum Gasteiger partial charge on any atom is -0.368 e. The summed E-state index contributed by atoms with van der Waals surface area (Å²) in [5, 5.41) is 9.75. The first-order chi connectivity index (χ1) is 15.0. The highest BCUT2D eigenvalue weighted by Crippen LogP contribution is 2.52. The average molecular weight is 445 g/mol. The molecular formula is C24H27F3N4O. The van der Waals surface area contributed by atoms with E-state index >= 15 is 0 Å². The van der Waals surface area contributed by atoms with Gasteiger partial charge in [0, 0.05) is 11.3 Å². The van der Waals surface area contributed by atoms with Crippen LogP contribution in [0.2, 0.25) is 0 Å². The lowest BCUT2D eigenvalue weighted by Gasteiger charge is -2.41. The van der Waals surface area contributed by atoms with Gasteiger partial charge in [-0.1, -0.05) is 44.2 Å². The van der Waals surface area contributed by atoms with Crippen LogP contribution >= 0.6 is 0 Å². The summed E-state index contributed by atoms with van der Waals surface area (Å²) >= 11 is 0. The molecule has 0 spiro atoms. The molecule has 1 amide bonds. The summed E-state index contributed by atoms with van der Waals surface area (Å²) in [6.45, 7) is 5.46. The molecule has 32 heavy (non-hydrogen) atoms. The summed E-state index contributed by atoms with van der Waals surface area (Å²) in [7, 11) is 0. The van der Waals surface area contributed by atoms with E-state index < -0.39 is 29.7 Å². The molecule has 2 aromatic rings. The topological polar surface area (TPSA) is 83.0 Å². The number of alkyl halides is 3. The van der Waals surface area contributed by atoms with Crippen LogP contribution in [0.3, 0.4) is 0 Å². The highest BCUT2D eigenvalue weighted by Gasteiger charge is 2.60. The molecule has 0 saturated heterocycles.